The van der Waals surface area contributed by atoms with Crippen molar-refractivity contribution in [3.05, 3.63) is 115 Å². The average molecular weight is 420 g/mol. The molecule has 0 unspecified atom stereocenters. The minimum Gasteiger partial charge on any atom is -0.748 e. The minimum atomic E-state index is -3.97. The first-order valence-electron chi connectivity index (χ1n) is 8.12. The van der Waals surface area contributed by atoms with Gasteiger partial charge in [-0.15, -0.1) is 0 Å². The molecule has 0 bridgehead atoms. The summed E-state index contributed by atoms with van der Waals surface area (Å²) in [7, 11) is -3.97. The van der Waals surface area contributed by atoms with E-state index in [9.17, 15) is 4.57 Å². The summed E-state index contributed by atoms with van der Waals surface area (Å²) in [5.41, 5.74) is 2.55. The summed E-state index contributed by atoms with van der Waals surface area (Å²) in [6.07, 6.45) is 0. The normalized spacial score (nSPS) is 9.70. The Morgan fingerprint density at radius 1 is 0.630 bits per heavy atom. The molecule has 3 nitrogen and oxygen atoms in total. The van der Waals surface area contributed by atoms with Crippen LogP contribution < -0.4 is 5.30 Å². The van der Waals surface area contributed by atoms with Gasteiger partial charge in [0.25, 0.3) is 0 Å². The number of benzene rings is 2. The van der Waals surface area contributed by atoms with Crippen LogP contribution in [0.15, 0.2) is 115 Å². The van der Waals surface area contributed by atoms with Crippen molar-refractivity contribution in [3.8, 4) is 11.1 Å². The fourth-order valence-electron chi connectivity index (χ4n) is 2.14. The summed E-state index contributed by atoms with van der Waals surface area (Å²) in [5.74, 6) is 0. The van der Waals surface area contributed by atoms with E-state index in [0.29, 0.717) is 0 Å². The molecule has 0 saturated carbocycles. The molecule has 0 fully saturated rings. The first-order valence-corrected chi connectivity index (χ1v) is 9.73. The SMILES string of the molecule is O=P(O)(O)[c-]1cccc1.[Fe].[cH-]1[cH-][cH-][cH-][cH-]1.c1ccc(-c2ccccc2)cc1. The van der Waals surface area contributed by atoms with E-state index in [1.54, 1.807) is 12.1 Å². The Balaban J connectivity index is 0.000000215. The van der Waals surface area contributed by atoms with Crippen molar-refractivity contribution in [2.75, 3.05) is 0 Å². The second kappa shape index (κ2) is 12.2. The second-order valence-electron chi connectivity index (χ2n) is 5.38. The topological polar surface area (TPSA) is 57.5 Å². The molecule has 4 rings (SSSR count). The summed E-state index contributed by atoms with van der Waals surface area (Å²) < 4.78 is 10.4. The molecule has 0 aromatic heterocycles. The summed E-state index contributed by atoms with van der Waals surface area (Å²) in [5, 5.41) is 0.0856. The van der Waals surface area contributed by atoms with E-state index in [4.69, 9.17) is 9.79 Å². The molecule has 0 heterocycles. The van der Waals surface area contributed by atoms with E-state index in [-0.39, 0.29) is 22.4 Å². The first kappa shape index (κ1) is 22.8. The molecule has 0 aliphatic carbocycles. The van der Waals surface area contributed by atoms with E-state index in [2.05, 4.69) is 48.5 Å². The third kappa shape index (κ3) is 8.83. The fourth-order valence-corrected chi connectivity index (χ4v) is 2.70. The van der Waals surface area contributed by atoms with Gasteiger partial charge in [0.15, 0.2) is 0 Å². The minimum absolute atomic E-state index is 0. The van der Waals surface area contributed by atoms with Crippen LogP contribution in [0, 0.1) is 0 Å². The smallest absolute Gasteiger partial charge is 0.303 e. The number of hydrogen-bond donors (Lipinski definition) is 2. The van der Waals surface area contributed by atoms with Crippen molar-refractivity contribution < 1.29 is 31.4 Å². The van der Waals surface area contributed by atoms with E-state index < -0.39 is 7.60 Å². The van der Waals surface area contributed by atoms with Gasteiger partial charge < -0.3 is 40.1 Å². The van der Waals surface area contributed by atoms with Crippen LogP contribution in [0.25, 0.3) is 11.1 Å². The van der Waals surface area contributed by atoms with Crippen LogP contribution in [0.5, 0.6) is 0 Å². The average Bonchev–Trinajstić information content (AvgIpc) is 3.39. The quantitative estimate of drug-likeness (QED) is 0.274. The van der Waals surface area contributed by atoms with Gasteiger partial charge in [-0.3, -0.25) is 4.57 Å². The fraction of sp³-hybridized carbons (Fsp3) is 0. The molecule has 0 radical (unpaired) electrons. The molecular formula is C22H21FeO3P-6. The number of rotatable bonds is 2. The predicted octanol–water partition coefficient (Wildman–Crippen LogP) is 4.97. The van der Waals surface area contributed by atoms with E-state index in [1.807, 2.05) is 42.5 Å². The third-order valence-corrected chi connectivity index (χ3v) is 4.39. The van der Waals surface area contributed by atoms with Crippen molar-refractivity contribution in [1.29, 1.82) is 0 Å². The molecule has 0 amide bonds. The summed E-state index contributed by atoms with van der Waals surface area (Å²) in [4.78, 5) is 17.0. The molecule has 4 aromatic rings. The molecule has 4 aromatic carbocycles. The van der Waals surface area contributed by atoms with Gasteiger partial charge in [0.05, 0.1) is 0 Å². The first-order chi connectivity index (χ1) is 12.6. The number of hydrogen-bond acceptors (Lipinski definition) is 1. The van der Waals surface area contributed by atoms with Crippen LogP contribution >= 0.6 is 7.60 Å². The van der Waals surface area contributed by atoms with Gasteiger partial charge in [0.1, 0.15) is 0 Å². The Kier molecular flexibility index (Phi) is 10.4. The van der Waals surface area contributed by atoms with Crippen molar-refractivity contribution in [2.45, 2.75) is 0 Å². The maximum Gasteiger partial charge on any atom is 0.303 e. The monoisotopic (exact) mass is 420 g/mol. The van der Waals surface area contributed by atoms with Crippen molar-refractivity contribution in [3.63, 3.8) is 0 Å². The van der Waals surface area contributed by atoms with Crippen molar-refractivity contribution >= 4 is 12.9 Å². The molecule has 146 valence electrons. The Hall–Kier alpha value is -2.19. The molecule has 0 aliphatic rings. The van der Waals surface area contributed by atoms with Gasteiger partial charge in [0, 0.05) is 17.1 Å². The van der Waals surface area contributed by atoms with E-state index >= 15 is 0 Å². The zero-order chi connectivity index (χ0) is 18.7. The van der Waals surface area contributed by atoms with Crippen LogP contribution in [-0.2, 0) is 21.6 Å². The molecule has 2 N–H and O–H groups in total. The molecule has 0 aliphatic heterocycles. The Labute approximate surface area is 170 Å². The molecule has 0 atom stereocenters. The largest absolute Gasteiger partial charge is 0.748 e. The molecule has 27 heavy (non-hydrogen) atoms. The van der Waals surface area contributed by atoms with Crippen LogP contribution in [0.4, 0.5) is 0 Å². The maximum atomic E-state index is 10.4. The third-order valence-electron chi connectivity index (χ3n) is 3.42. The second-order valence-corrected chi connectivity index (χ2v) is 6.99. The Bertz CT molecular complexity index is 813. The Morgan fingerprint density at radius 2 is 0.963 bits per heavy atom. The van der Waals surface area contributed by atoms with Crippen molar-refractivity contribution in [1.82, 2.24) is 0 Å². The van der Waals surface area contributed by atoms with E-state index in [1.165, 1.54) is 23.3 Å². The zero-order valence-corrected chi connectivity index (χ0v) is 16.6. The van der Waals surface area contributed by atoms with Crippen LogP contribution in [-0.4, -0.2) is 9.79 Å². The van der Waals surface area contributed by atoms with Gasteiger partial charge in [-0.2, -0.15) is 12.1 Å². The molecule has 0 spiro atoms. The molecule has 5 heteroatoms. The van der Waals surface area contributed by atoms with Crippen molar-refractivity contribution in [2.24, 2.45) is 0 Å². The molecule has 0 saturated heterocycles. The van der Waals surface area contributed by atoms with Gasteiger partial charge in [-0.25, -0.2) is 12.1 Å². The summed E-state index contributed by atoms with van der Waals surface area (Å²) in [6.45, 7) is 0. The van der Waals surface area contributed by atoms with Crippen LogP contribution in [0.3, 0.4) is 0 Å². The predicted molar refractivity (Wildman–Crippen MR) is 108 cm³/mol. The maximum absolute atomic E-state index is 10.4. The van der Waals surface area contributed by atoms with Crippen LogP contribution in [0.1, 0.15) is 0 Å². The van der Waals surface area contributed by atoms with Gasteiger partial charge in [-0.1, -0.05) is 60.7 Å². The standard InChI is InChI=1S/C12H10.C5H6O3P.C5H5.Fe/c1-3-7-11(8-4-1)12-9-5-2-6-10-12;6-9(7,8)5-3-1-2-4-5;1-2-4-5-3-1;/h1-10H;1-4H,(H2,6,7,8);1-5H;/q;-1;-5;. The van der Waals surface area contributed by atoms with Gasteiger partial charge in [0.2, 0.25) is 0 Å². The summed E-state index contributed by atoms with van der Waals surface area (Å²) in [6, 6.07) is 36.8. The molecular weight excluding hydrogens is 399 g/mol. The van der Waals surface area contributed by atoms with Gasteiger partial charge >= 0.3 is 7.60 Å². The van der Waals surface area contributed by atoms with E-state index in [0.717, 1.165) is 0 Å². The van der Waals surface area contributed by atoms with Gasteiger partial charge in [-0.05, 0) is 16.4 Å². The van der Waals surface area contributed by atoms with Crippen LogP contribution in [0.2, 0.25) is 0 Å². The summed E-state index contributed by atoms with van der Waals surface area (Å²) >= 11 is 0. The Morgan fingerprint density at radius 3 is 1.22 bits per heavy atom. The zero-order valence-electron chi connectivity index (χ0n) is 14.6.